The molecule has 1 heterocycles. The minimum atomic E-state index is 0.243. The molecular weight excluding hydrogens is 250 g/mol. The molecule has 0 aromatic heterocycles. The van der Waals surface area contributed by atoms with Crippen molar-refractivity contribution in [1.82, 2.24) is 5.32 Å². The lowest BCUT2D eigenvalue weighted by molar-refractivity contribution is 0.515. The summed E-state index contributed by atoms with van der Waals surface area (Å²) in [7, 11) is 2.09. The average Bonchev–Trinajstić information content (AvgIpc) is 2.40. The summed E-state index contributed by atoms with van der Waals surface area (Å²) in [4.78, 5) is 0. The zero-order valence-corrected chi connectivity index (χ0v) is 13.5. The van der Waals surface area contributed by atoms with Gasteiger partial charge in [0.2, 0.25) is 0 Å². The van der Waals surface area contributed by atoms with Gasteiger partial charge in [0.25, 0.3) is 0 Å². The van der Waals surface area contributed by atoms with Crippen LogP contribution in [0, 0.1) is 0 Å². The molecule has 0 aliphatic carbocycles. The zero-order valence-electron chi connectivity index (χ0n) is 12.7. The minimum Gasteiger partial charge on any atom is -0.312 e. The smallest absolute Gasteiger partial charge is 0.0438 e. The van der Waals surface area contributed by atoms with Crippen LogP contribution in [0.25, 0.3) is 0 Å². The summed E-state index contributed by atoms with van der Waals surface area (Å²) < 4.78 is 0. The molecule has 1 aromatic rings. The second-order valence-electron chi connectivity index (χ2n) is 6.54. The Kier molecular flexibility index (Phi) is 4.97. The van der Waals surface area contributed by atoms with E-state index >= 15 is 0 Å². The van der Waals surface area contributed by atoms with E-state index in [1.807, 2.05) is 0 Å². The Bertz CT molecular complexity index is 385. The molecule has 1 saturated heterocycles. The first kappa shape index (κ1) is 14.9. The minimum absolute atomic E-state index is 0.243. The molecule has 2 atom stereocenters. The van der Waals surface area contributed by atoms with Crippen LogP contribution in [0.1, 0.15) is 57.2 Å². The molecule has 0 radical (unpaired) electrons. The monoisotopic (exact) mass is 277 g/mol. The highest BCUT2D eigenvalue weighted by Gasteiger charge is 2.24. The molecule has 106 valence electrons. The third-order valence-corrected chi connectivity index (χ3v) is 5.49. The molecule has 1 aliphatic rings. The van der Waals surface area contributed by atoms with Gasteiger partial charge in [-0.3, -0.25) is 0 Å². The molecule has 1 aliphatic heterocycles. The molecule has 1 nitrogen and oxygen atoms in total. The topological polar surface area (TPSA) is 12.0 Å². The van der Waals surface area contributed by atoms with Gasteiger partial charge in [0.15, 0.2) is 0 Å². The van der Waals surface area contributed by atoms with Gasteiger partial charge in [0.05, 0.1) is 0 Å². The Morgan fingerprint density at radius 3 is 2.32 bits per heavy atom. The van der Waals surface area contributed by atoms with Crippen LogP contribution < -0.4 is 5.32 Å². The van der Waals surface area contributed by atoms with Gasteiger partial charge in [0, 0.05) is 11.3 Å². The SMILES string of the molecule is CNC(c1ccc(C(C)(C)C)cc1)C1CCCCS1. The average molecular weight is 277 g/mol. The van der Waals surface area contributed by atoms with Crippen molar-refractivity contribution in [1.29, 1.82) is 0 Å². The standard InChI is InChI=1S/C17H27NS/c1-17(2,3)14-10-8-13(9-11-14)16(18-4)15-7-5-6-12-19-15/h8-11,15-16,18H,5-7,12H2,1-4H3. The van der Waals surface area contributed by atoms with Crippen LogP contribution in [-0.2, 0) is 5.41 Å². The van der Waals surface area contributed by atoms with Gasteiger partial charge in [0.1, 0.15) is 0 Å². The van der Waals surface area contributed by atoms with E-state index in [0.29, 0.717) is 6.04 Å². The van der Waals surface area contributed by atoms with Crippen molar-refractivity contribution in [2.24, 2.45) is 0 Å². The molecule has 2 unspecified atom stereocenters. The maximum absolute atomic E-state index is 3.53. The van der Waals surface area contributed by atoms with Crippen molar-refractivity contribution < 1.29 is 0 Å². The fourth-order valence-electron chi connectivity index (χ4n) is 2.79. The van der Waals surface area contributed by atoms with Crippen LogP contribution in [-0.4, -0.2) is 18.1 Å². The first-order valence-corrected chi connectivity index (χ1v) is 8.46. The maximum Gasteiger partial charge on any atom is 0.0438 e. The van der Waals surface area contributed by atoms with E-state index in [1.165, 1.54) is 36.1 Å². The Balaban J connectivity index is 2.14. The highest BCUT2D eigenvalue weighted by atomic mass is 32.2. The molecule has 2 rings (SSSR count). The lowest BCUT2D eigenvalue weighted by Gasteiger charge is -2.30. The first-order valence-electron chi connectivity index (χ1n) is 7.41. The number of thioether (sulfide) groups is 1. The summed E-state index contributed by atoms with van der Waals surface area (Å²) in [5, 5.41) is 4.26. The first-order chi connectivity index (χ1) is 9.02. The summed E-state index contributed by atoms with van der Waals surface area (Å²) in [6, 6.07) is 9.73. The quantitative estimate of drug-likeness (QED) is 0.871. The van der Waals surface area contributed by atoms with Gasteiger partial charge in [-0.1, -0.05) is 51.5 Å². The summed E-state index contributed by atoms with van der Waals surface area (Å²) in [5.74, 6) is 1.32. The van der Waals surface area contributed by atoms with E-state index in [4.69, 9.17) is 0 Å². The van der Waals surface area contributed by atoms with E-state index in [-0.39, 0.29) is 5.41 Å². The van der Waals surface area contributed by atoms with Gasteiger partial charge < -0.3 is 5.32 Å². The van der Waals surface area contributed by atoms with Crippen molar-refractivity contribution in [3.63, 3.8) is 0 Å². The van der Waals surface area contributed by atoms with Crippen LogP contribution in [0.2, 0.25) is 0 Å². The summed E-state index contributed by atoms with van der Waals surface area (Å²) in [6.45, 7) is 6.82. The van der Waals surface area contributed by atoms with Gasteiger partial charge in [-0.25, -0.2) is 0 Å². The van der Waals surface area contributed by atoms with Crippen molar-refractivity contribution in [3.8, 4) is 0 Å². The van der Waals surface area contributed by atoms with Crippen LogP contribution in [0.5, 0.6) is 0 Å². The predicted molar refractivity (Wildman–Crippen MR) is 87.0 cm³/mol. The van der Waals surface area contributed by atoms with E-state index in [2.05, 4.69) is 69.2 Å². The Morgan fingerprint density at radius 2 is 1.84 bits per heavy atom. The molecule has 1 fully saturated rings. The van der Waals surface area contributed by atoms with E-state index in [0.717, 1.165) is 5.25 Å². The van der Waals surface area contributed by atoms with Crippen LogP contribution in [0.4, 0.5) is 0 Å². The van der Waals surface area contributed by atoms with Crippen LogP contribution >= 0.6 is 11.8 Å². The second kappa shape index (κ2) is 6.32. The second-order valence-corrected chi connectivity index (χ2v) is 7.89. The Labute approximate surface area is 122 Å². The van der Waals surface area contributed by atoms with Crippen molar-refractivity contribution in [2.45, 2.75) is 56.7 Å². The number of benzene rings is 1. The van der Waals surface area contributed by atoms with Gasteiger partial charge in [-0.2, -0.15) is 11.8 Å². The Morgan fingerprint density at radius 1 is 1.16 bits per heavy atom. The normalized spacial score (nSPS) is 22.2. The zero-order chi connectivity index (χ0) is 13.9. The lowest BCUT2D eigenvalue weighted by atomic mass is 9.86. The third kappa shape index (κ3) is 3.76. The molecule has 19 heavy (non-hydrogen) atoms. The van der Waals surface area contributed by atoms with Gasteiger partial charge in [-0.15, -0.1) is 0 Å². The molecule has 0 spiro atoms. The largest absolute Gasteiger partial charge is 0.312 e. The molecule has 2 heteroatoms. The summed E-state index contributed by atoms with van der Waals surface area (Å²) in [6.07, 6.45) is 4.12. The van der Waals surface area contributed by atoms with Crippen LogP contribution in [0.3, 0.4) is 0 Å². The number of rotatable bonds is 3. The van der Waals surface area contributed by atoms with E-state index in [1.54, 1.807) is 0 Å². The van der Waals surface area contributed by atoms with Crippen molar-refractivity contribution >= 4 is 11.8 Å². The molecule has 1 N–H and O–H groups in total. The van der Waals surface area contributed by atoms with E-state index < -0.39 is 0 Å². The predicted octanol–water partition coefficient (Wildman–Crippen LogP) is 4.53. The van der Waals surface area contributed by atoms with Crippen LogP contribution in [0.15, 0.2) is 24.3 Å². The lowest BCUT2D eigenvalue weighted by Crippen LogP contribution is -2.29. The number of hydrogen-bond donors (Lipinski definition) is 1. The van der Waals surface area contributed by atoms with Crippen molar-refractivity contribution in [3.05, 3.63) is 35.4 Å². The highest BCUT2D eigenvalue weighted by Crippen LogP contribution is 2.35. The number of hydrogen-bond acceptors (Lipinski definition) is 2. The summed E-state index contributed by atoms with van der Waals surface area (Å²) >= 11 is 2.14. The summed E-state index contributed by atoms with van der Waals surface area (Å²) in [5.41, 5.74) is 3.10. The number of nitrogens with one attached hydrogen (secondary N) is 1. The molecular formula is C17H27NS. The van der Waals surface area contributed by atoms with E-state index in [9.17, 15) is 0 Å². The Hall–Kier alpha value is -0.470. The van der Waals surface area contributed by atoms with Crippen molar-refractivity contribution in [2.75, 3.05) is 12.8 Å². The molecule has 0 bridgehead atoms. The van der Waals surface area contributed by atoms with Gasteiger partial charge >= 0.3 is 0 Å². The highest BCUT2D eigenvalue weighted by molar-refractivity contribution is 8.00. The molecule has 0 saturated carbocycles. The molecule has 1 aromatic carbocycles. The fourth-order valence-corrected chi connectivity index (χ4v) is 4.28. The van der Waals surface area contributed by atoms with Gasteiger partial charge in [-0.05, 0) is 42.2 Å². The fraction of sp³-hybridized carbons (Fsp3) is 0.647. The molecule has 0 amide bonds. The third-order valence-electron chi connectivity index (χ3n) is 4.03. The maximum atomic E-state index is 3.53.